The van der Waals surface area contributed by atoms with Gasteiger partial charge >= 0.3 is 0 Å². The van der Waals surface area contributed by atoms with Gasteiger partial charge in [-0.3, -0.25) is 0 Å². The molecule has 3 nitrogen and oxygen atoms in total. The van der Waals surface area contributed by atoms with Crippen LogP contribution in [0.1, 0.15) is 6.42 Å². The number of epoxide rings is 1. The number of hydrogen-bond donors (Lipinski definition) is 0. The van der Waals surface area contributed by atoms with Gasteiger partial charge in [0.25, 0.3) is 0 Å². The number of hydrogen-bond acceptors (Lipinski definition) is 3. The molecule has 0 N–H and O–H groups in total. The molecule has 0 bridgehead atoms. The first kappa shape index (κ1) is 8.97. The Hall–Kier alpha value is -0.120. The molecule has 3 heteroatoms. The lowest BCUT2D eigenvalue weighted by Crippen LogP contribution is -2.08. The van der Waals surface area contributed by atoms with Gasteiger partial charge in [-0.15, -0.1) is 0 Å². The van der Waals surface area contributed by atoms with Gasteiger partial charge in [-0.25, -0.2) is 0 Å². The maximum absolute atomic E-state index is 5.23. The molecule has 1 aliphatic heterocycles. The van der Waals surface area contributed by atoms with E-state index in [2.05, 4.69) is 6.92 Å². The molecule has 0 saturated carbocycles. The second kappa shape index (κ2) is 5.52. The minimum Gasteiger partial charge on any atom is -0.379 e. The van der Waals surface area contributed by atoms with Gasteiger partial charge in [-0.05, 0) is 6.42 Å². The van der Waals surface area contributed by atoms with Crippen LogP contribution in [0.15, 0.2) is 0 Å². The van der Waals surface area contributed by atoms with Gasteiger partial charge in [0.05, 0.1) is 26.4 Å². The summed E-state index contributed by atoms with van der Waals surface area (Å²) >= 11 is 0. The Labute approximate surface area is 67.6 Å². The van der Waals surface area contributed by atoms with E-state index in [0.29, 0.717) is 25.9 Å². The molecule has 1 saturated heterocycles. The Kier molecular flexibility index (Phi) is 4.50. The van der Waals surface area contributed by atoms with Crippen LogP contribution in [0.4, 0.5) is 0 Å². The maximum Gasteiger partial charge on any atom is 0.104 e. The summed E-state index contributed by atoms with van der Waals surface area (Å²) in [7, 11) is 0. The molecule has 11 heavy (non-hydrogen) atoms. The molecule has 0 aliphatic carbocycles. The second-order valence-electron chi connectivity index (χ2n) is 2.50. The fraction of sp³-hybridized carbons (Fsp3) is 0.875. The summed E-state index contributed by atoms with van der Waals surface area (Å²) in [5, 5.41) is 0. The van der Waals surface area contributed by atoms with Crippen LogP contribution in [0.25, 0.3) is 0 Å². The van der Waals surface area contributed by atoms with Crippen molar-refractivity contribution in [3.8, 4) is 0 Å². The first-order chi connectivity index (χ1) is 5.43. The molecule has 0 amide bonds. The minimum atomic E-state index is 0.364. The topological polar surface area (TPSA) is 31.0 Å². The average molecular weight is 159 g/mol. The third-order valence-electron chi connectivity index (χ3n) is 1.37. The van der Waals surface area contributed by atoms with Crippen LogP contribution in [-0.4, -0.2) is 39.1 Å². The Morgan fingerprint density at radius 3 is 2.64 bits per heavy atom. The van der Waals surface area contributed by atoms with Crippen molar-refractivity contribution in [2.45, 2.75) is 12.5 Å². The molecule has 0 aromatic carbocycles. The smallest absolute Gasteiger partial charge is 0.104 e. The lowest BCUT2D eigenvalue weighted by atomic mass is 10.5. The summed E-state index contributed by atoms with van der Waals surface area (Å²) in [6.45, 7) is 7.29. The van der Waals surface area contributed by atoms with Crippen molar-refractivity contribution in [3.05, 3.63) is 6.92 Å². The van der Waals surface area contributed by atoms with Gasteiger partial charge in [0.2, 0.25) is 0 Å². The van der Waals surface area contributed by atoms with Gasteiger partial charge in [0.15, 0.2) is 0 Å². The summed E-state index contributed by atoms with van der Waals surface area (Å²) in [5.41, 5.74) is 0. The van der Waals surface area contributed by atoms with Crippen molar-refractivity contribution in [2.24, 2.45) is 0 Å². The van der Waals surface area contributed by atoms with Gasteiger partial charge in [-0.2, -0.15) is 0 Å². The predicted octanol–water partition coefficient (Wildman–Crippen LogP) is 0.643. The highest BCUT2D eigenvalue weighted by Gasteiger charge is 2.21. The molecule has 0 aromatic heterocycles. The van der Waals surface area contributed by atoms with Gasteiger partial charge < -0.3 is 14.2 Å². The van der Waals surface area contributed by atoms with Crippen molar-refractivity contribution in [2.75, 3.05) is 33.0 Å². The monoisotopic (exact) mass is 159 g/mol. The van der Waals surface area contributed by atoms with Crippen molar-refractivity contribution in [3.63, 3.8) is 0 Å². The third-order valence-corrected chi connectivity index (χ3v) is 1.37. The highest BCUT2D eigenvalue weighted by molar-refractivity contribution is 4.66. The number of ether oxygens (including phenoxy) is 3. The molecule has 0 aromatic rings. The Balaban J connectivity index is 1.66. The second-order valence-corrected chi connectivity index (χ2v) is 2.50. The lowest BCUT2D eigenvalue weighted by Gasteiger charge is -2.02. The molecule has 1 radical (unpaired) electrons. The van der Waals surface area contributed by atoms with Gasteiger partial charge in [-0.1, -0.05) is 6.92 Å². The zero-order valence-electron chi connectivity index (χ0n) is 6.75. The molecule has 1 aliphatic rings. The standard InChI is InChI=1S/C8H15O3/c1-2-3-9-4-5-10-6-8-7-11-8/h8H,1-7H2. The van der Waals surface area contributed by atoms with E-state index in [1.54, 1.807) is 0 Å². The van der Waals surface area contributed by atoms with Crippen LogP contribution in [0, 0.1) is 6.92 Å². The normalized spacial score (nSPS) is 22.1. The summed E-state index contributed by atoms with van der Waals surface area (Å²) < 4.78 is 15.4. The molecule has 1 fully saturated rings. The summed E-state index contributed by atoms with van der Waals surface area (Å²) in [5.74, 6) is 0. The summed E-state index contributed by atoms with van der Waals surface area (Å²) in [6, 6.07) is 0. The van der Waals surface area contributed by atoms with E-state index in [-0.39, 0.29) is 0 Å². The highest BCUT2D eigenvalue weighted by Crippen LogP contribution is 2.07. The van der Waals surface area contributed by atoms with Crippen molar-refractivity contribution in [1.82, 2.24) is 0 Å². The predicted molar refractivity (Wildman–Crippen MR) is 41.4 cm³/mol. The largest absolute Gasteiger partial charge is 0.379 e. The minimum absolute atomic E-state index is 0.364. The van der Waals surface area contributed by atoms with E-state index in [1.165, 1.54) is 0 Å². The summed E-state index contributed by atoms with van der Waals surface area (Å²) in [4.78, 5) is 0. The van der Waals surface area contributed by atoms with E-state index in [4.69, 9.17) is 14.2 Å². The van der Waals surface area contributed by atoms with E-state index >= 15 is 0 Å². The molecular weight excluding hydrogens is 144 g/mol. The Morgan fingerprint density at radius 1 is 1.27 bits per heavy atom. The van der Waals surface area contributed by atoms with Crippen LogP contribution in [-0.2, 0) is 14.2 Å². The molecule has 0 spiro atoms. The van der Waals surface area contributed by atoms with Gasteiger partial charge in [0.1, 0.15) is 6.10 Å². The quantitative estimate of drug-likeness (QED) is 0.403. The van der Waals surface area contributed by atoms with E-state index in [9.17, 15) is 0 Å². The van der Waals surface area contributed by atoms with Crippen LogP contribution < -0.4 is 0 Å². The first-order valence-electron chi connectivity index (χ1n) is 4.00. The molecule has 1 atom stereocenters. The molecule has 65 valence electrons. The first-order valence-corrected chi connectivity index (χ1v) is 4.00. The zero-order chi connectivity index (χ0) is 7.94. The maximum atomic E-state index is 5.23. The van der Waals surface area contributed by atoms with Crippen LogP contribution in [0.3, 0.4) is 0 Å². The van der Waals surface area contributed by atoms with E-state index < -0.39 is 0 Å². The Bertz CT molecular complexity index is 91.3. The molecule has 1 rings (SSSR count). The molecule has 1 heterocycles. The fourth-order valence-electron chi connectivity index (χ4n) is 0.701. The summed E-state index contributed by atoms with van der Waals surface area (Å²) in [6.07, 6.45) is 1.19. The van der Waals surface area contributed by atoms with Gasteiger partial charge in [0, 0.05) is 6.61 Å². The van der Waals surface area contributed by atoms with Crippen LogP contribution in [0.2, 0.25) is 0 Å². The number of rotatable bonds is 7. The SMILES string of the molecule is [CH2]CCOCCOCC1CO1. The van der Waals surface area contributed by atoms with Crippen LogP contribution in [0.5, 0.6) is 0 Å². The van der Waals surface area contributed by atoms with Crippen molar-refractivity contribution >= 4 is 0 Å². The van der Waals surface area contributed by atoms with Crippen LogP contribution >= 0.6 is 0 Å². The lowest BCUT2D eigenvalue weighted by molar-refractivity contribution is 0.0433. The molecule has 1 unspecified atom stereocenters. The van der Waals surface area contributed by atoms with Crippen molar-refractivity contribution < 1.29 is 14.2 Å². The average Bonchev–Trinajstić information content (AvgIpc) is 2.80. The molecular formula is C8H15O3. The van der Waals surface area contributed by atoms with Crippen molar-refractivity contribution in [1.29, 1.82) is 0 Å². The third kappa shape index (κ3) is 5.18. The van der Waals surface area contributed by atoms with E-state index in [0.717, 1.165) is 19.6 Å². The zero-order valence-corrected chi connectivity index (χ0v) is 6.75. The highest BCUT2D eigenvalue weighted by atomic mass is 16.6. The fourth-order valence-corrected chi connectivity index (χ4v) is 0.701. The Morgan fingerprint density at radius 2 is 2.00 bits per heavy atom. The van der Waals surface area contributed by atoms with E-state index in [1.807, 2.05) is 0 Å².